The molecule has 7 heteroatoms. The largest absolute Gasteiger partial charge is 0.469 e. The summed E-state index contributed by atoms with van der Waals surface area (Å²) in [6.45, 7) is 4.03. The Morgan fingerprint density at radius 3 is 2.69 bits per heavy atom. The van der Waals surface area contributed by atoms with Gasteiger partial charge in [-0.1, -0.05) is 43.0 Å². The van der Waals surface area contributed by atoms with Crippen molar-refractivity contribution in [1.29, 1.82) is 0 Å². The zero-order valence-corrected chi connectivity index (χ0v) is 16.1. The average molecular weight is 383 g/mol. The summed E-state index contributed by atoms with van der Waals surface area (Å²) >= 11 is 3.14. The van der Waals surface area contributed by atoms with Crippen molar-refractivity contribution in [1.82, 2.24) is 15.2 Å². The summed E-state index contributed by atoms with van der Waals surface area (Å²) in [6, 6.07) is 10.4. The molecule has 0 unspecified atom stereocenters. The quantitative estimate of drug-likeness (QED) is 0.403. The lowest BCUT2D eigenvalue weighted by Gasteiger charge is -1.98. The van der Waals surface area contributed by atoms with Crippen molar-refractivity contribution >= 4 is 23.1 Å². The Kier molecular flexibility index (Phi) is 4.90. The Morgan fingerprint density at radius 1 is 1.12 bits per heavy atom. The molecular weight excluding hydrogens is 366 g/mol. The van der Waals surface area contributed by atoms with Crippen molar-refractivity contribution in [2.24, 2.45) is 0 Å². The van der Waals surface area contributed by atoms with Gasteiger partial charge in [-0.3, -0.25) is 0 Å². The number of rotatable bonds is 6. The summed E-state index contributed by atoms with van der Waals surface area (Å²) in [7, 11) is 0. The van der Waals surface area contributed by atoms with Crippen LogP contribution in [0.1, 0.15) is 23.9 Å². The zero-order chi connectivity index (χ0) is 17.9. The highest BCUT2D eigenvalue weighted by atomic mass is 32.2. The van der Waals surface area contributed by atoms with Crippen molar-refractivity contribution in [3.05, 3.63) is 59.0 Å². The van der Waals surface area contributed by atoms with Crippen LogP contribution in [0.15, 0.2) is 56.0 Å². The predicted molar refractivity (Wildman–Crippen MR) is 103 cm³/mol. The third-order valence-electron chi connectivity index (χ3n) is 4.00. The van der Waals surface area contributed by atoms with Gasteiger partial charge < -0.3 is 8.83 Å². The summed E-state index contributed by atoms with van der Waals surface area (Å²) in [4.78, 5) is 4.71. The minimum atomic E-state index is 0.480. The van der Waals surface area contributed by atoms with Gasteiger partial charge in [-0.05, 0) is 25.0 Å². The van der Waals surface area contributed by atoms with Crippen LogP contribution in [-0.2, 0) is 12.2 Å². The van der Waals surface area contributed by atoms with Gasteiger partial charge in [-0.15, -0.1) is 21.5 Å². The maximum atomic E-state index is 5.70. The van der Waals surface area contributed by atoms with Gasteiger partial charge in [0.2, 0.25) is 0 Å². The fraction of sp³-hybridized carbons (Fsp3) is 0.211. The number of hydrogen-bond donors (Lipinski definition) is 0. The maximum absolute atomic E-state index is 5.70. The fourth-order valence-corrected chi connectivity index (χ4v) is 4.10. The minimum Gasteiger partial charge on any atom is -0.469 e. The van der Waals surface area contributed by atoms with E-state index in [9.17, 15) is 0 Å². The van der Waals surface area contributed by atoms with E-state index in [-0.39, 0.29) is 0 Å². The van der Waals surface area contributed by atoms with Gasteiger partial charge in [-0.2, -0.15) is 0 Å². The number of nitrogens with zero attached hydrogens (tertiary/aromatic N) is 3. The van der Waals surface area contributed by atoms with Crippen molar-refractivity contribution in [2.75, 3.05) is 0 Å². The van der Waals surface area contributed by atoms with Crippen LogP contribution in [0.4, 0.5) is 0 Å². The van der Waals surface area contributed by atoms with E-state index in [0.717, 1.165) is 34.0 Å². The normalized spacial score (nSPS) is 11.2. The second-order valence-corrected chi connectivity index (χ2v) is 7.53. The van der Waals surface area contributed by atoms with Gasteiger partial charge in [-0.25, -0.2) is 4.98 Å². The standard InChI is InChI=1S/C19H17N3O2S2/c1-3-13-4-6-14(7-5-13)18-20-15(10-25-18)11-26-19-22-21-17(24-19)16-8-9-23-12(16)2/h4-10H,3,11H2,1-2H3. The first-order valence-corrected chi connectivity index (χ1v) is 10.1. The van der Waals surface area contributed by atoms with Crippen LogP contribution in [0.3, 0.4) is 0 Å². The van der Waals surface area contributed by atoms with Crippen LogP contribution in [-0.4, -0.2) is 15.2 Å². The topological polar surface area (TPSA) is 65.0 Å². The molecule has 0 atom stereocenters. The van der Waals surface area contributed by atoms with Crippen molar-refractivity contribution in [3.63, 3.8) is 0 Å². The summed E-state index contributed by atoms with van der Waals surface area (Å²) < 4.78 is 11.0. The van der Waals surface area contributed by atoms with Gasteiger partial charge in [0.05, 0.1) is 17.5 Å². The average Bonchev–Trinajstić information content (AvgIpc) is 3.40. The number of thiazole rings is 1. The van der Waals surface area contributed by atoms with E-state index in [1.807, 2.05) is 13.0 Å². The molecule has 0 aliphatic heterocycles. The first-order valence-electron chi connectivity index (χ1n) is 8.27. The van der Waals surface area contributed by atoms with Crippen LogP contribution in [0.25, 0.3) is 22.0 Å². The van der Waals surface area contributed by atoms with E-state index in [1.165, 1.54) is 17.3 Å². The lowest BCUT2D eigenvalue weighted by Crippen LogP contribution is -1.83. The smallest absolute Gasteiger partial charge is 0.277 e. The van der Waals surface area contributed by atoms with Crippen LogP contribution in [0.2, 0.25) is 0 Å². The van der Waals surface area contributed by atoms with E-state index in [0.29, 0.717) is 16.9 Å². The van der Waals surface area contributed by atoms with Gasteiger partial charge in [0.25, 0.3) is 11.1 Å². The van der Waals surface area contributed by atoms with E-state index >= 15 is 0 Å². The lowest BCUT2D eigenvalue weighted by atomic mass is 10.1. The Labute approximate surface area is 159 Å². The molecule has 0 saturated carbocycles. The number of aromatic nitrogens is 3. The molecule has 0 saturated heterocycles. The highest BCUT2D eigenvalue weighted by Crippen LogP contribution is 2.30. The number of aryl methyl sites for hydroxylation is 2. The molecule has 26 heavy (non-hydrogen) atoms. The molecule has 5 nitrogen and oxygen atoms in total. The van der Waals surface area contributed by atoms with Crippen molar-refractivity contribution < 1.29 is 8.83 Å². The van der Waals surface area contributed by atoms with Crippen LogP contribution in [0.5, 0.6) is 0 Å². The molecule has 0 amide bonds. The Hall–Kier alpha value is -2.38. The summed E-state index contributed by atoms with van der Waals surface area (Å²) in [5.41, 5.74) is 4.32. The van der Waals surface area contributed by atoms with Gasteiger partial charge >= 0.3 is 0 Å². The number of hydrogen-bond acceptors (Lipinski definition) is 7. The van der Waals surface area contributed by atoms with Gasteiger partial charge in [0.15, 0.2) is 0 Å². The number of thioether (sulfide) groups is 1. The monoisotopic (exact) mass is 383 g/mol. The molecule has 4 aromatic rings. The molecule has 1 aromatic carbocycles. The molecule has 3 heterocycles. The third-order valence-corrected chi connectivity index (χ3v) is 5.79. The second-order valence-electron chi connectivity index (χ2n) is 5.75. The molecule has 0 aliphatic carbocycles. The fourth-order valence-electron chi connectivity index (χ4n) is 2.51. The number of furan rings is 1. The highest BCUT2D eigenvalue weighted by Gasteiger charge is 2.14. The van der Waals surface area contributed by atoms with E-state index < -0.39 is 0 Å². The Bertz CT molecular complexity index is 1000. The van der Waals surface area contributed by atoms with E-state index in [4.69, 9.17) is 13.8 Å². The molecule has 0 radical (unpaired) electrons. The lowest BCUT2D eigenvalue weighted by molar-refractivity contribution is 0.463. The summed E-state index contributed by atoms with van der Waals surface area (Å²) in [5.74, 6) is 1.94. The molecule has 0 fully saturated rings. The summed E-state index contributed by atoms with van der Waals surface area (Å²) in [5, 5.41) is 11.8. The van der Waals surface area contributed by atoms with Crippen LogP contribution in [0, 0.1) is 6.92 Å². The molecule has 132 valence electrons. The van der Waals surface area contributed by atoms with E-state index in [1.54, 1.807) is 17.6 Å². The predicted octanol–water partition coefficient (Wildman–Crippen LogP) is 5.62. The molecule has 3 aromatic heterocycles. The zero-order valence-electron chi connectivity index (χ0n) is 14.4. The first kappa shape index (κ1) is 17.1. The third kappa shape index (κ3) is 3.59. The molecule has 0 spiro atoms. The molecule has 0 aliphatic rings. The van der Waals surface area contributed by atoms with Crippen molar-refractivity contribution in [2.45, 2.75) is 31.2 Å². The first-order chi connectivity index (χ1) is 12.7. The van der Waals surface area contributed by atoms with Crippen LogP contribution >= 0.6 is 23.1 Å². The summed E-state index contributed by atoms with van der Waals surface area (Å²) in [6.07, 6.45) is 2.66. The SMILES string of the molecule is CCc1ccc(-c2nc(CSc3nnc(-c4ccoc4C)o3)cs2)cc1. The highest BCUT2D eigenvalue weighted by molar-refractivity contribution is 7.98. The molecule has 0 N–H and O–H groups in total. The Morgan fingerprint density at radius 2 is 1.96 bits per heavy atom. The maximum Gasteiger partial charge on any atom is 0.277 e. The van der Waals surface area contributed by atoms with Gasteiger partial charge in [0.1, 0.15) is 10.8 Å². The Balaban J connectivity index is 1.42. The van der Waals surface area contributed by atoms with Gasteiger partial charge in [0, 0.05) is 16.7 Å². The van der Waals surface area contributed by atoms with Crippen LogP contribution < -0.4 is 0 Å². The molecule has 4 rings (SSSR count). The number of benzene rings is 1. The second kappa shape index (κ2) is 7.47. The molecular formula is C19H17N3O2S2. The minimum absolute atomic E-state index is 0.480. The molecule has 0 bridgehead atoms. The van der Waals surface area contributed by atoms with E-state index in [2.05, 4.69) is 46.8 Å². The van der Waals surface area contributed by atoms with Crippen molar-refractivity contribution in [3.8, 4) is 22.0 Å².